The number of nitrogens with zero attached hydrogens (tertiary/aromatic N) is 3. The molecule has 150 valence electrons. The van der Waals surface area contributed by atoms with E-state index < -0.39 is 14.6 Å². The second-order valence-corrected chi connectivity index (χ2v) is 10.3. The number of nitrogens with one attached hydrogen (secondary N) is 1. The fourth-order valence-corrected chi connectivity index (χ4v) is 5.91. The van der Waals surface area contributed by atoms with Gasteiger partial charge in [0, 0.05) is 33.2 Å². The second kappa shape index (κ2) is 8.62. The third-order valence-corrected chi connectivity index (χ3v) is 8.18. The number of carbonyl (C=O) groups is 1. The summed E-state index contributed by atoms with van der Waals surface area (Å²) in [6.45, 7) is 1.06. The third kappa shape index (κ3) is 4.82. The molecule has 26 heavy (non-hydrogen) atoms. The van der Waals surface area contributed by atoms with Crippen molar-refractivity contribution < 1.29 is 13.2 Å². The first-order chi connectivity index (χ1) is 11.8. The van der Waals surface area contributed by atoms with Gasteiger partial charge in [0.05, 0.1) is 10.5 Å². The summed E-state index contributed by atoms with van der Waals surface area (Å²) in [6.07, 6.45) is 6.80. The highest BCUT2D eigenvalue weighted by Crippen LogP contribution is 2.38. The van der Waals surface area contributed by atoms with E-state index in [9.17, 15) is 13.2 Å². The van der Waals surface area contributed by atoms with Crippen LogP contribution >= 0.6 is 24.0 Å². The minimum Gasteiger partial charge on any atom is -0.353 e. The van der Waals surface area contributed by atoms with E-state index in [1.807, 2.05) is 0 Å². The molecule has 3 aliphatic rings. The van der Waals surface area contributed by atoms with Crippen molar-refractivity contribution in [3.63, 3.8) is 0 Å². The lowest BCUT2D eigenvalue weighted by molar-refractivity contribution is -0.127. The van der Waals surface area contributed by atoms with Gasteiger partial charge in [-0.25, -0.2) is 13.4 Å². The van der Waals surface area contributed by atoms with Crippen LogP contribution in [0.4, 0.5) is 0 Å². The molecule has 2 aliphatic carbocycles. The van der Waals surface area contributed by atoms with Gasteiger partial charge in [-0.1, -0.05) is 19.3 Å². The van der Waals surface area contributed by atoms with E-state index in [0.29, 0.717) is 25.1 Å². The van der Waals surface area contributed by atoms with Gasteiger partial charge in [-0.3, -0.25) is 4.79 Å². The summed E-state index contributed by atoms with van der Waals surface area (Å²) in [5, 5.41) is 3.41. The number of guanidine groups is 1. The molecular weight excluding hydrogens is 467 g/mol. The molecule has 1 aliphatic heterocycles. The highest BCUT2D eigenvalue weighted by Gasteiger charge is 2.49. The van der Waals surface area contributed by atoms with E-state index in [1.165, 1.54) is 4.90 Å². The van der Waals surface area contributed by atoms with E-state index in [2.05, 4.69) is 15.2 Å². The largest absolute Gasteiger partial charge is 0.353 e. The first-order valence-corrected chi connectivity index (χ1v) is 11.0. The molecule has 0 aromatic rings. The molecule has 0 atom stereocenters. The average Bonchev–Trinajstić information content (AvgIpc) is 3.39. The van der Waals surface area contributed by atoms with E-state index >= 15 is 0 Å². The molecule has 3 rings (SSSR count). The minimum absolute atomic E-state index is 0. The van der Waals surface area contributed by atoms with Crippen molar-refractivity contribution in [1.29, 1.82) is 0 Å². The fraction of sp³-hybridized carbons (Fsp3) is 0.882. The van der Waals surface area contributed by atoms with Crippen LogP contribution in [0.3, 0.4) is 0 Å². The van der Waals surface area contributed by atoms with Gasteiger partial charge in [0.25, 0.3) is 0 Å². The van der Waals surface area contributed by atoms with Crippen LogP contribution in [0.15, 0.2) is 4.99 Å². The normalized spacial score (nSPS) is 24.7. The Morgan fingerprint density at radius 2 is 1.88 bits per heavy atom. The zero-order valence-corrected chi connectivity index (χ0v) is 18.9. The van der Waals surface area contributed by atoms with Crippen molar-refractivity contribution in [2.75, 3.05) is 39.5 Å². The lowest BCUT2D eigenvalue weighted by atomic mass is 9.87. The monoisotopic (exact) mass is 498 g/mol. The van der Waals surface area contributed by atoms with Gasteiger partial charge in [0.15, 0.2) is 15.8 Å². The Morgan fingerprint density at radius 1 is 1.23 bits per heavy atom. The summed E-state index contributed by atoms with van der Waals surface area (Å²) in [5.41, 5.74) is 0. The number of amides is 1. The van der Waals surface area contributed by atoms with Crippen molar-refractivity contribution in [1.82, 2.24) is 15.1 Å². The van der Waals surface area contributed by atoms with Crippen LogP contribution in [0, 0.1) is 0 Å². The van der Waals surface area contributed by atoms with Crippen molar-refractivity contribution in [2.24, 2.45) is 4.99 Å². The van der Waals surface area contributed by atoms with E-state index in [-0.39, 0.29) is 42.2 Å². The first kappa shape index (κ1) is 21.7. The summed E-state index contributed by atoms with van der Waals surface area (Å²) in [5.74, 6) is 0.838. The Morgan fingerprint density at radius 3 is 2.46 bits per heavy atom. The fourth-order valence-electron chi connectivity index (χ4n) is 3.75. The Kier molecular flexibility index (Phi) is 7.20. The summed E-state index contributed by atoms with van der Waals surface area (Å²) in [6, 6.07) is 0.411. The summed E-state index contributed by atoms with van der Waals surface area (Å²) in [7, 11) is 0.367. The molecule has 0 aromatic heterocycles. The Hall–Kier alpha value is -0.580. The SMILES string of the molecule is CN(C)C(=O)CN=C(NC1CC1)N1CCS(=O)(=O)C2(CCCCC2)C1.I. The van der Waals surface area contributed by atoms with Crippen LogP contribution < -0.4 is 5.32 Å². The predicted octanol–water partition coefficient (Wildman–Crippen LogP) is 1.23. The highest BCUT2D eigenvalue weighted by molar-refractivity contribution is 14.0. The van der Waals surface area contributed by atoms with Gasteiger partial charge < -0.3 is 15.1 Å². The van der Waals surface area contributed by atoms with Gasteiger partial charge >= 0.3 is 0 Å². The zero-order valence-electron chi connectivity index (χ0n) is 15.7. The lowest BCUT2D eigenvalue weighted by Gasteiger charge is -2.45. The molecular formula is C17H31IN4O3S. The molecule has 1 N–H and O–H groups in total. The summed E-state index contributed by atoms with van der Waals surface area (Å²) >= 11 is 0. The molecule has 7 nitrogen and oxygen atoms in total. The molecule has 3 fully saturated rings. The number of halogens is 1. The molecule has 9 heteroatoms. The number of aliphatic imine (C=N–C) groups is 1. The Labute approximate surface area is 173 Å². The third-order valence-electron chi connectivity index (χ3n) is 5.61. The van der Waals surface area contributed by atoms with Crippen LogP contribution in [-0.2, 0) is 14.6 Å². The summed E-state index contributed by atoms with van der Waals surface area (Å²) < 4.78 is 24.9. The Bertz CT molecular complexity index is 640. The Balaban J connectivity index is 0.00000243. The van der Waals surface area contributed by atoms with Gasteiger partial charge in [-0.05, 0) is 25.7 Å². The molecule has 0 unspecified atom stereocenters. The van der Waals surface area contributed by atoms with Crippen LogP contribution in [0.2, 0.25) is 0 Å². The molecule has 2 saturated carbocycles. The van der Waals surface area contributed by atoms with Gasteiger partial charge in [0.1, 0.15) is 6.54 Å². The highest BCUT2D eigenvalue weighted by atomic mass is 127. The van der Waals surface area contributed by atoms with E-state index in [1.54, 1.807) is 14.1 Å². The van der Waals surface area contributed by atoms with Gasteiger partial charge in [-0.15, -0.1) is 24.0 Å². The molecule has 1 saturated heterocycles. The first-order valence-electron chi connectivity index (χ1n) is 9.31. The smallest absolute Gasteiger partial charge is 0.243 e. The molecule has 1 spiro atoms. The van der Waals surface area contributed by atoms with Crippen LogP contribution in [0.25, 0.3) is 0 Å². The number of rotatable bonds is 3. The molecule has 0 radical (unpaired) electrons. The number of sulfone groups is 1. The van der Waals surface area contributed by atoms with Gasteiger partial charge in [0.2, 0.25) is 5.91 Å². The van der Waals surface area contributed by atoms with Gasteiger partial charge in [-0.2, -0.15) is 0 Å². The van der Waals surface area contributed by atoms with Crippen LogP contribution in [0.1, 0.15) is 44.9 Å². The molecule has 1 amide bonds. The molecule has 0 bridgehead atoms. The van der Waals surface area contributed by atoms with E-state index in [4.69, 9.17) is 0 Å². The number of carbonyl (C=O) groups excluding carboxylic acids is 1. The predicted molar refractivity (Wildman–Crippen MR) is 114 cm³/mol. The zero-order chi connectivity index (χ0) is 18.1. The maximum absolute atomic E-state index is 12.8. The molecule has 1 heterocycles. The maximum Gasteiger partial charge on any atom is 0.243 e. The summed E-state index contributed by atoms with van der Waals surface area (Å²) in [4.78, 5) is 20.0. The maximum atomic E-state index is 12.8. The van der Waals surface area contributed by atoms with Crippen molar-refractivity contribution in [3.8, 4) is 0 Å². The van der Waals surface area contributed by atoms with Crippen molar-refractivity contribution in [3.05, 3.63) is 0 Å². The average molecular weight is 498 g/mol. The van der Waals surface area contributed by atoms with Crippen LogP contribution in [0.5, 0.6) is 0 Å². The quantitative estimate of drug-likeness (QED) is 0.360. The standard InChI is InChI=1S/C17H30N4O3S.HI/c1-20(2)15(22)12-18-16(19-14-6-7-14)21-10-11-25(23,24)17(13-21)8-4-3-5-9-17;/h14H,3-13H2,1-2H3,(H,18,19);1H. The minimum atomic E-state index is -3.07. The van der Waals surface area contributed by atoms with Crippen molar-refractivity contribution >= 4 is 45.7 Å². The molecule has 0 aromatic carbocycles. The van der Waals surface area contributed by atoms with Crippen molar-refractivity contribution in [2.45, 2.75) is 55.7 Å². The van der Waals surface area contributed by atoms with E-state index in [0.717, 1.165) is 44.9 Å². The number of hydrogen-bond donors (Lipinski definition) is 1. The topological polar surface area (TPSA) is 82.1 Å². The lowest BCUT2D eigenvalue weighted by Crippen LogP contribution is -2.60. The second-order valence-electron chi connectivity index (χ2n) is 7.83. The number of likely N-dealkylation sites (N-methyl/N-ethyl adjacent to an activating group) is 1. The number of hydrogen-bond acceptors (Lipinski definition) is 4. The van der Waals surface area contributed by atoms with Crippen LogP contribution in [-0.4, -0.2) is 80.4 Å².